The predicted molar refractivity (Wildman–Crippen MR) is 80.9 cm³/mol. The molecule has 0 aliphatic rings. The number of nitrogens with zero attached hydrogens (tertiary/aromatic N) is 2. The first-order chi connectivity index (χ1) is 9.40. The summed E-state index contributed by atoms with van der Waals surface area (Å²) in [5, 5.41) is 18.8. The minimum Gasteiger partial charge on any atom is -0.384 e. The molecule has 108 valence electrons. The van der Waals surface area contributed by atoms with Crippen molar-refractivity contribution >= 4 is 23.2 Å². The highest BCUT2D eigenvalue weighted by Gasteiger charge is 2.24. The fourth-order valence-electron chi connectivity index (χ4n) is 1.93. The topological polar surface area (TPSA) is 50.1 Å². The van der Waals surface area contributed by atoms with E-state index in [-0.39, 0.29) is 0 Å². The number of aryl methyl sites for hydroxylation is 1. The highest BCUT2D eigenvalue weighted by molar-refractivity contribution is 6.42. The number of halogens is 2. The Balaban J connectivity index is 1.97. The second-order valence-electron chi connectivity index (χ2n) is 4.99. The molecule has 4 nitrogen and oxygen atoms in total. The fourth-order valence-corrected chi connectivity index (χ4v) is 2.31. The number of rotatable bonds is 5. The van der Waals surface area contributed by atoms with Crippen LogP contribution in [0.1, 0.15) is 18.1 Å². The first kappa shape index (κ1) is 15.3. The number of aromatic nitrogens is 2. The van der Waals surface area contributed by atoms with Gasteiger partial charge in [0.15, 0.2) is 0 Å². The van der Waals surface area contributed by atoms with Crippen LogP contribution in [0.2, 0.25) is 10.0 Å². The van der Waals surface area contributed by atoms with E-state index in [1.54, 1.807) is 30.1 Å². The van der Waals surface area contributed by atoms with Gasteiger partial charge in [0, 0.05) is 31.9 Å². The maximum atomic E-state index is 10.4. The van der Waals surface area contributed by atoms with E-state index in [0.29, 0.717) is 23.1 Å². The minimum absolute atomic E-state index is 0.390. The lowest BCUT2D eigenvalue weighted by Gasteiger charge is -2.22. The Labute approximate surface area is 128 Å². The Hall–Kier alpha value is -1.07. The molecule has 0 fully saturated rings. The zero-order valence-electron chi connectivity index (χ0n) is 11.4. The lowest BCUT2D eigenvalue weighted by molar-refractivity contribution is 0.0566. The van der Waals surface area contributed by atoms with Crippen LogP contribution in [0.15, 0.2) is 30.6 Å². The van der Waals surface area contributed by atoms with Crippen molar-refractivity contribution in [3.05, 3.63) is 51.8 Å². The number of hydrogen-bond acceptors (Lipinski definition) is 3. The normalized spacial score (nSPS) is 14.2. The Morgan fingerprint density at radius 2 is 2.15 bits per heavy atom. The Kier molecular flexibility index (Phi) is 4.70. The molecule has 2 rings (SSSR count). The Bertz CT molecular complexity index is 596. The first-order valence-electron chi connectivity index (χ1n) is 6.25. The monoisotopic (exact) mass is 313 g/mol. The van der Waals surface area contributed by atoms with Gasteiger partial charge in [-0.25, -0.2) is 0 Å². The molecule has 20 heavy (non-hydrogen) atoms. The maximum absolute atomic E-state index is 10.4. The Morgan fingerprint density at radius 1 is 1.40 bits per heavy atom. The molecule has 0 spiro atoms. The van der Waals surface area contributed by atoms with E-state index in [9.17, 15) is 5.11 Å². The lowest BCUT2D eigenvalue weighted by atomic mass is 9.99. The molecule has 1 unspecified atom stereocenters. The summed E-state index contributed by atoms with van der Waals surface area (Å²) < 4.78 is 1.66. The van der Waals surface area contributed by atoms with Gasteiger partial charge in [-0.05, 0) is 18.6 Å². The van der Waals surface area contributed by atoms with Gasteiger partial charge in [0.25, 0.3) is 0 Å². The van der Waals surface area contributed by atoms with Crippen molar-refractivity contribution in [2.75, 3.05) is 6.54 Å². The van der Waals surface area contributed by atoms with Gasteiger partial charge in [-0.15, -0.1) is 0 Å². The van der Waals surface area contributed by atoms with Crippen LogP contribution in [0.3, 0.4) is 0 Å². The third-order valence-corrected chi connectivity index (χ3v) is 4.00. The zero-order valence-corrected chi connectivity index (χ0v) is 12.9. The summed E-state index contributed by atoms with van der Waals surface area (Å²) in [6.07, 6.45) is 3.46. The van der Waals surface area contributed by atoms with Crippen molar-refractivity contribution < 1.29 is 5.11 Å². The predicted octanol–water partition coefficient (Wildman–Crippen LogP) is 2.72. The summed E-state index contributed by atoms with van der Waals surface area (Å²) in [6.45, 7) is 2.67. The minimum atomic E-state index is -0.987. The highest BCUT2D eigenvalue weighted by Crippen LogP contribution is 2.25. The van der Waals surface area contributed by atoms with Gasteiger partial charge < -0.3 is 10.4 Å². The van der Waals surface area contributed by atoms with E-state index in [0.717, 1.165) is 11.1 Å². The molecule has 0 aliphatic heterocycles. The van der Waals surface area contributed by atoms with Gasteiger partial charge in [-0.1, -0.05) is 35.3 Å². The van der Waals surface area contributed by atoms with Crippen LogP contribution in [-0.2, 0) is 19.2 Å². The third-order valence-electron chi connectivity index (χ3n) is 3.14. The van der Waals surface area contributed by atoms with Crippen LogP contribution in [0, 0.1) is 0 Å². The molecule has 2 N–H and O–H groups in total. The molecule has 1 aromatic heterocycles. The molecular weight excluding hydrogens is 297 g/mol. The van der Waals surface area contributed by atoms with Crippen molar-refractivity contribution in [1.82, 2.24) is 15.1 Å². The van der Waals surface area contributed by atoms with Crippen molar-refractivity contribution in [2.24, 2.45) is 7.05 Å². The average molecular weight is 314 g/mol. The second-order valence-corrected chi connectivity index (χ2v) is 5.78. The fraction of sp³-hybridized carbons (Fsp3) is 0.357. The van der Waals surface area contributed by atoms with Crippen molar-refractivity contribution in [2.45, 2.75) is 19.1 Å². The molecule has 1 heterocycles. The first-order valence-corrected chi connectivity index (χ1v) is 7.01. The lowest BCUT2D eigenvalue weighted by Crippen LogP contribution is -2.34. The van der Waals surface area contributed by atoms with Crippen LogP contribution < -0.4 is 5.32 Å². The molecule has 1 aromatic carbocycles. The molecular formula is C14H17Cl2N3O. The smallest absolute Gasteiger partial charge is 0.102 e. The quantitative estimate of drug-likeness (QED) is 0.892. The van der Waals surface area contributed by atoms with E-state index in [4.69, 9.17) is 23.2 Å². The van der Waals surface area contributed by atoms with E-state index >= 15 is 0 Å². The summed E-state index contributed by atoms with van der Waals surface area (Å²) >= 11 is 12.1. The number of nitrogens with one attached hydrogen (secondary N) is 1. The van der Waals surface area contributed by atoms with Gasteiger partial charge >= 0.3 is 0 Å². The van der Waals surface area contributed by atoms with E-state index < -0.39 is 5.60 Å². The van der Waals surface area contributed by atoms with Gasteiger partial charge in [0.2, 0.25) is 0 Å². The standard InChI is InChI=1S/C14H17Cl2N3O/c1-14(20,11-7-18-19(2)8-11)9-17-6-10-4-3-5-12(15)13(10)16/h3-5,7-8,17,20H,6,9H2,1-2H3. The highest BCUT2D eigenvalue weighted by atomic mass is 35.5. The zero-order chi connectivity index (χ0) is 14.8. The van der Waals surface area contributed by atoms with Gasteiger partial charge in [-0.3, -0.25) is 4.68 Å². The van der Waals surface area contributed by atoms with E-state index in [1.165, 1.54) is 0 Å². The number of aliphatic hydroxyl groups is 1. The summed E-state index contributed by atoms with van der Waals surface area (Å²) in [6, 6.07) is 5.50. The van der Waals surface area contributed by atoms with Gasteiger partial charge in [-0.2, -0.15) is 5.10 Å². The van der Waals surface area contributed by atoms with Crippen LogP contribution in [0.25, 0.3) is 0 Å². The van der Waals surface area contributed by atoms with Crippen molar-refractivity contribution in [1.29, 1.82) is 0 Å². The number of hydrogen-bond donors (Lipinski definition) is 2. The molecule has 6 heteroatoms. The van der Waals surface area contributed by atoms with Crippen molar-refractivity contribution in [3.63, 3.8) is 0 Å². The molecule has 0 radical (unpaired) electrons. The summed E-state index contributed by atoms with van der Waals surface area (Å²) in [5.41, 5.74) is 0.685. The van der Waals surface area contributed by atoms with Crippen LogP contribution >= 0.6 is 23.2 Å². The van der Waals surface area contributed by atoms with Gasteiger partial charge in [0.05, 0.1) is 16.2 Å². The van der Waals surface area contributed by atoms with Crippen LogP contribution in [0.5, 0.6) is 0 Å². The SMILES string of the molecule is Cn1cc(C(C)(O)CNCc2cccc(Cl)c2Cl)cn1. The van der Waals surface area contributed by atoms with E-state index in [1.807, 2.05) is 19.2 Å². The Morgan fingerprint density at radius 3 is 2.80 bits per heavy atom. The second kappa shape index (κ2) is 6.14. The average Bonchev–Trinajstić information content (AvgIpc) is 2.82. The number of benzene rings is 1. The molecule has 2 aromatic rings. The molecule has 0 aliphatic carbocycles. The van der Waals surface area contributed by atoms with Crippen molar-refractivity contribution in [3.8, 4) is 0 Å². The van der Waals surface area contributed by atoms with E-state index in [2.05, 4.69) is 10.4 Å². The molecule has 0 amide bonds. The third kappa shape index (κ3) is 3.52. The maximum Gasteiger partial charge on any atom is 0.102 e. The summed E-state index contributed by atoms with van der Waals surface area (Å²) in [5.74, 6) is 0. The van der Waals surface area contributed by atoms with Gasteiger partial charge in [0.1, 0.15) is 5.60 Å². The molecule has 0 bridgehead atoms. The summed E-state index contributed by atoms with van der Waals surface area (Å²) in [4.78, 5) is 0. The molecule has 1 atom stereocenters. The molecule has 0 saturated carbocycles. The van der Waals surface area contributed by atoms with Crippen LogP contribution in [0.4, 0.5) is 0 Å². The van der Waals surface area contributed by atoms with Crippen LogP contribution in [-0.4, -0.2) is 21.4 Å². The largest absolute Gasteiger partial charge is 0.384 e. The molecule has 0 saturated heterocycles. The summed E-state index contributed by atoms with van der Waals surface area (Å²) in [7, 11) is 1.82.